The fourth-order valence-electron chi connectivity index (χ4n) is 1.75. The van der Waals surface area contributed by atoms with E-state index in [1.807, 2.05) is 0 Å². The number of rotatable bonds is 4. The van der Waals surface area contributed by atoms with Gasteiger partial charge in [0, 0.05) is 10.0 Å². The number of hydrogen-bond acceptors (Lipinski definition) is 4. The van der Waals surface area contributed by atoms with Gasteiger partial charge in [0.05, 0.1) is 18.0 Å². The number of nitrogens with zero attached hydrogens (tertiary/aromatic N) is 1. The molecular weight excluding hydrogens is 325 g/mol. The molecule has 0 aliphatic heterocycles. The Morgan fingerprint density at radius 1 is 1.30 bits per heavy atom. The minimum absolute atomic E-state index is 0.0446. The number of halogens is 2. The number of nitrogens with one attached hydrogen (secondary N) is 2. The quantitative estimate of drug-likeness (QED) is 0.798. The van der Waals surface area contributed by atoms with E-state index in [4.69, 9.17) is 28.3 Å². The van der Waals surface area contributed by atoms with Crippen molar-refractivity contribution in [1.82, 2.24) is 10.2 Å². The van der Waals surface area contributed by atoms with Gasteiger partial charge in [-0.05, 0) is 25.1 Å². The number of aliphatic hydroxyl groups excluding tert-OH is 1. The molecule has 0 atom stereocenters. The van der Waals surface area contributed by atoms with Crippen LogP contribution in [0.25, 0.3) is 0 Å². The zero-order chi connectivity index (χ0) is 14.9. The molecule has 0 saturated carbocycles. The standard InChI is InChI=1S/C11H11Cl2N3O3S/c1-6-11(10(5-17)15-14-6)20(18,19)16-9-3-7(12)2-8(13)4-9/h2-4,16-17H,5H2,1H3,(H,14,15). The highest BCUT2D eigenvalue weighted by atomic mass is 35.5. The highest BCUT2D eigenvalue weighted by Crippen LogP contribution is 2.26. The average molecular weight is 336 g/mol. The van der Waals surface area contributed by atoms with Gasteiger partial charge in [0.15, 0.2) is 0 Å². The fourth-order valence-corrected chi connectivity index (χ4v) is 3.68. The molecule has 0 amide bonds. The lowest BCUT2D eigenvalue weighted by molar-refractivity contribution is 0.273. The summed E-state index contributed by atoms with van der Waals surface area (Å²) in [7, 11) is -3.90. The Balaban J connectivity index is 2.43. The van der Waals surface area contributed by atoms with E-state index in [2.05, 4.69) is 14.9 Å². The van der Waals surface area contributed by atoms with Gasteiger partial charge >= 0.3 is 0 Å². The van der Waals surface area contributed by atoms with E-state index >= 15 is 0 Å². The molecule has 1 aromatic heterocycles. The molecule has 0 unspecified atom stereocenters. The number of benzene rings is 1. The second-order valence-corrected chi connectivity index (χ2v) is 6.54. The molecule has 2 rings (SSSR count). The van der Waals surface area contributed by atoms with Crippen LogP contribution in [0.2, 0.25) is 10.0 Å². The molecule has 0 bridgehead atoms. The van der Waals surface area contributed by atoms with E-state index in [1.165, 1.54) is 18.2 Å². The van der Waals surface area contributed by atoms with Crippen LogP contribution < -0.4 is 4.72 Å². The lowest BCUT2D eigenvalue weighted by Crippen LogP contribution is -2.15. The second-order valence-electron chi connectivity index (χ2n) is 4.05. The molecule has 20 heavy (non-hydrogen) atoms. The van der Waals surface area contributed by atoms with E-state index in [0.29, 0.717) is 15.7 Å². The molecule has 1 heterocycles. The molecule has 0 radical (unpaired) electrons. The fraction of sp³-hybridized carbons (Fsp3) is 0.182. The van der Waals surface area contributed by atoms with Crippen molar-refractivity contribution in [3.05, 3.63) is 39.6 Å². The first kappa shape index (κ1) is 15.1. The van der Waals surface area contributed by atoms with Crippen LogP contribution in [0, 0.1) is 6.92 Å². The van der Waals surface area contributed by atoms with Crippen molar-refractivity contribution in [2.75, 3.05) is 4.72 Å². The maximum Gasteiger partial charge on any atom is 0.265 e. The number of aromatic amines is 1. The largest absolute Gasteiger partial charge is 0.390 e. The maximum atomic E-state index is 12.3. The number of H-pyrrole nitrogens is 1. The minimum atomic E-state index is -3.90. The molecule has 0 fully saturated rings. The summed E-state index contributed by atoms with van der Waals surface area (Å²) in [6, 6.07) is 4.35. The van der Waals surface area contributed by atoms with Crippen molar-refractivity contribution < 1.29 is 13.5 Å². The number of aliphatic hydroxyl groups is 1. The smallest absolute Gasteiger partial charge is 0.265 e. The zero-order valence-electron chi connectivity index (χ0n) is 10.3. The van der Waals surface area contributed by atoms with Crippen molar-refractivity contribution in [1.29, 1.82) is 0 Å². The van der Waals surface area contributed by atoms with Gasteiger partial charge in [-0.25, -0.2) is 8.42 Å². The van der Waals surface area contributed by atoms with Gasteiger partial charge in [0.25, 0.3) is 10.0 Å². The van der Waals surface area contributed by atoms with E-state index in [9.17, 15) is 8.42 Å². The molecule has 3 N–H and O–H groups in total. The second kappa shape index (κ2) is 5.61. The number of anilines is 1. The van der Waals surface area contributed by atoms with Gasteiger partial charge in [-0.1, -0.05) is 23.2 Å². The molecule has 0 aliphatic carbocycles. The summed E-state index contributed by atoms with van der Waals surface area (Å²) >= 11 is 11.6. The van der Waals surface area contributed by atoms with E-state index in [1.54, 1.807) is 6.92 Å². The number of hydrogen-bond donors (Lipinski definition) is 3. The summed E-state index contributed by atoms with van der Waals surface area (Å²) in [6.07, 6.45) is 0. The highest BCUT2D eigenvalue weighted by molar-refractivity contribution is 7.92. The van der Waals surface area contributed by atoms with E-state index in [0.717, 1.165) is 0 Å². The SMILES string of the molecule is Cc1[nH]nc(CO)c1S(=O)(=O)Nc1cc(Cl)cc(Cl)c1. The molecule has 0 aliphatic rings. The molecule has 0 spiro atoms. The highest BCUT2D eigenvalue weighted by Gasteiger charge is 2.24. The summed E-state index contributed by atoms with van der Waals surface area (Å²) in [5.41, 5.74) is 0.602. The van der Waals surface area contributed by atoms with Gasteiger partial charge in [-0.15, -0.1) is 0 Å². The third-order valence-corrected chi connectivity index (χ3v) is 4.51. The number of aryl methyl sites for hydroxylation is 1. The first-order chi connectivity index (χ1) is 9.33. The lowest BCUT2D eigenvalue weighted by Gasteiger charge is -2.09. The minimum Gasteiger partial charge on any atom is -0.390 e. The van der Waals surface area contributed by atoms with Crippen LogP contribution in [0.1, 0.15) is 11.4 Å². The van der Waals surface area contributed by atoms with Gasteiger partial charge in [0.2, 0.25) is 0 Å². The van der Waals surface area contributed by atoms with E-state index in [-0.39, 0.29) is 16.3 Å². The predicted molar refractivity (Wildman–Crippen MR) is 76.5 cm³/mol. The average Bonchev–Trinajstić information content (AvgIpc) is 2.69. The Hall–Kier alpha value is -1.28. The van der Waals surface area contributed by atoms with Crippen LogP contribution in [-0.4, -0.2) is 23.7 Å². The summed E-state index contributed by atoms with van der Waals surface area (Å²) in [5.74, 6) is 0. The van der Waals surface area contributed by atoms with Gasteiger partial charge < -0.3 is 5.11 Å². The Morgan fingerprint density at radius 3 is 2.45 bits per heavy atom. The van der Waals surface area contributed by atoms with Crippen molar-refractivity contribution in [2.24, 2.45) is 0 Å². The normalized spacial score (nSPS) is 11.6. The van der Waals surface area contributed by atoms with Crippen LogP contribution in [0.4, 0.5) is 5.69 Å². The van der Waals surface area contributed by atoms with Crippen molar-refractivity contribution in [2.45, 2.75) is 18.4 Å². The number of aromatic nitrogens is 2. The molecule has 9 heteroatoms. The Kier molecular flexibility index (Phi) is 4.24. The molecule has 6 nitrogen and oxygen atoms in total. The number of sulfonamides is 1. The van der Waals surface area contributed by atoms with E-state index < -0.39 is 16.6 Å². The van der Waals surface area contributed by atoms with Crippen LogP contribution >= 0.6 is 23.2 Å². The van der Waals surface area contributed by atoms with Gasteiger partial charge in [0.1, 0.15) is 10.6 Å². The Labute approximate surface area is 125 Å². The maximum absolute atomic E-state index is 12.3. The molecule has 2 aromatic rings. The van der Waals surface area contributed by atoms with Crippen LogP contribution in [-0.2, 0) is 16.6 Å². The van der Waals surface area contributed by atoms with Gasteiger partial charge in [-0.2, -0.15) is 5.10 Å². The van der Waals surface area contributed by atoms with Crippen LogP contribution in [0.15, 0.2) is 23.1 Å². The van der Waals surface area contributed by atoms with Crippen LogP contribution in [0.3, 0.4) is 0 Å². The molecule has 1 aromatic carbocycles. The summed E-state index contributed by atoms with van der Waals surface area (Å²) in [4.78, 5) is -0.0869. The summed E-state index contributed by atoms with van der Waals surface area (Å²) in [5, 5.41) is 16.0. The summed E-state index contributed by atoms with van der Waals surface area (Å²) in [6.45, 7) is 1.06. The van der Waals surface area contributed by atoms with Crippen molar-refractivity contribution >= 4 is 38.9 Å². The van der Waals surface area contributed by atoms with Crippen molar-refractivity contribution in [3.8, 4) is 0 Å². The molecule has 0 saturated heterocycles. The first-order valence-corrected chi connectivity index (χ1v) is 7.71. The monoisotopic (exact) mass is 335 g/mol. The Morgan fingerprint density at radius 2 is 1.90 bits per heavy atom. The third kappa shape index (κ3) is 3.06. The topological polar surface area (TPSA) is 95.1 Å². The first-order valence-electron chi connectivity index (χ1n) is 5.47. The van der Waals surface area contributed by atoms with Gasteiger partial charge in [-0.3, -0.25) is 9.82 Å². The molecule has 108 valence electrons. The van der Waals surface area contributed by atoms with Crippen LogP contribution in [0.5, 0.6) is 0 Å². The third-order valence-electron chi connectivity index (χ3n) is 2.49. The zero-order valence-corrected chi connectivity index (χ0v) is 12.6. The lowest BCUT2D eigenvalue weighted by atomic mass is 10.3. The van der Waals surface area contributed by atoms with Crippen molar-refractivity contribution in [3.63, 3.8) is 0 Å². The molecular formula is C11H11Cl2N3O3S. The Bertz CT molecular complexity index is 723. The summed E-state index contributed by atoms with van der Waals surface area (Å²) < 4.78 is 27.0. The predicted octanol–water partition coefficient (Wildman–Crippen LogP) is 2.32.